The van der Waals surface area contributed by atoms with Crippen LogP contribution in [0.25, 0.3) is 0 Å². The molecule has 1 aromatic rings. The summed E-state index contributed by atoms with van der Waals surface area (Å²) in [5.41, 5.74) is 2.51. The summed E-state index contributed by atoms with van der Waals surface area (Å²) in [6, 6.07) is 7.01. The van der Waals surface area contributed by atoms with E-state index in [9.17, 15) is 9.59 Å². The van der Waals surface area contributed by atoms with Gasteiger partial charge in [-0.05, 0) is 49.8 Å². The van der Waals surface area contributed by atoms with Gasteiger partial charge in [-0.1, -0.05) is 22.9 Å². The number of carbonyl (C=O) groups excluding carboxylic acids is 2. The van der Waals surface area contributed by atoms with E-state index in [1.807, 2.05) is 19.1 Å². The SMILES string of the molecule is CC1=CC(=NOC(=O)c2ccc(C)cc2)C=CC1=O. The number of ketones is 1. The molecular formula is C15H13NO3. The molecule has 0 spiro atoms. The number of allylic oxidation sites excluding steroid dienone is 4. The maximum Gasteiger partial charge on any atom is 0.365 e. The van der Waals surface area contributed by atoms with Crippen molar-refractivity contribution >= 4 is 17.5 Å². The minimum absolute atomic E-state index is 0.0659. The molecule has 0 aliphatic heterocycles. The minimum atomic E-state index is -0.524. The standard InChI is InChI=1S/C15H13NO3/c1-10-3-5-12(6-4-10)15(18)19-16-13-7-8-14(17)11(2)9-13/h3-9H,1-2H3. The third-order valence-corrected chi connectivity index (χ3v) is 2.68. The molecule has 4 nitrogen and oxygen atoms in total. The van der Waals surface area contributed by atoms with Gasteiger partial charge in [-0.2, -0.15) is 0 Å². The molecule has 1 aliphatic carbocycles. The number of hydrogen-bond acceptors (Lipinski definition) is 4. The highest BCUT2D eigenvalue weighted by Crippen LogP contribution is 2.08. The van der Waals surface area contributed by atoms with Gasteiger partial charge in [0.25, 0.3) is 0 Å². The first-order chi connectivity index (χ1) is 9.06. The summed E-state index contributed by atoms with van der Waals surface area (Å²) in [5, 5.41) is 3.72. The van der Waals surface area contributed by atoms with Crippen molar-refractivity contribution < 1.29 is 14.4 Å². The average Bonchev–Trinajstić information content (AvgIpc) is 2.40. The molecule has 2 rings (SSSR count). The summed E-state index contributed by atoms with van der Waals surface area (Å²) in [6.07, 6.45) is 4.48. The molecule has 0 aromatic heterocycles. The molecule has 0 N–H and O–H groups in total. The maximum absolute atomic E-state index is 11.7. The fourth-order valence-electron chi connectivity index (χ4n) is 1.53. The molecule has 0 saturated carbocycles. The molecule has 96 valence electrons. The van der Waals surface area contributed by atoms with E-state index in [0.717, 1.165) is 5.56 Å². The van der Waals surface area contributed by atoms with E-state index in [-0.39, 0.29) is 5.78 Å². The van der Waals surface area contributed by atoms with Crippen LogP contribution in [0.3, 0.4) is 0 Å². The van der Waals surface area contributed by atoms with E-state index < -0.39 is 5.97 Å². The van der Waals surface area contributed by atoms with Crippen LogP contribution in [0.1, 0.15) is 22.8 Å². The summed E-state index contributed by atoms with van der Waals surface area (Å²) >= 11 is 0. The first kappa shape index (κ1) is 13.0. The third kappa shape index (κ3) is 3.25. The smallest absolute Gasteiger partial charge is 0.312 e. The Kier molecular flexibility index (Phi) is 3.71. The van der Waals surface area contributed by atoms with E-state index >= 15 is 0 Å². The van der Waals surface area contributed by atoms with Crippen molar-refractivity contribution in [3.63, 3.8) is 0 Å². The summed E-state index contributed by atoms with van der Waals surface area (Å²) in [4.78, 5) is 27.7. The Labute approximate surface area is 111 Å². The van der Waals surface area contributed by atoms with Gasteiger partial charge in [0.1, 0.15) is 5.71 Å². The minimum Gasteiger partial charge on any atom is -0.312 e. The van der Waals surface area contributed by atoms with Gasteiger partial charge in [-0.15, -0.1) is 0 Å². The lowest BCUT2D eigenvalue weighted by molar-refractivity contribution is -0.111. The number of rotatable bonds is 2. The first-order valence-electron chi connectivity index (χ1n) is 5.83. The Balaban J connectivity index is 2.07. The van der Waals surface area contributed by atoms with E-state index in [2.05, 4.69) is 5.16 Å². The maximum atomic E-state index is 11.7. The topological polar surface area (TPSA) is 55.7 Å². The molecule has 0 unspecified atom stereocenters. The van der Waals surface area contributed by atoms with Crippen LogP contribution in [0.2, 0.25) is 0 Å². The molecule has 19 heavy (non-hydrogen) atoms. The number of hydrogen-bond donors (Lipinski definition) is 0. The molecule has 0 saturated heterocycles. The highest BCUT2D eigenvalue weighted by molar-refractivity contribution is 6.18. The Hall–Kier alpha value is -2.49. The zero-order valence-corrected chi connectivity index (χ0v) is 10.7. The predicted molar refractivity (Wildman–Crippen MR) is 71.9 cm³/mol. The molecule has 4 heteroatoms. The highest BCUT2D eigenvalue weighted by Gasteiger charge is 2.10. The summed E-state index contributed by atoms with van der Waals surface area (Å²) < 4.78 is 0. The van der Waals surface area contributed by atoms with Crippen LogP contribution in [-0.4, -0.2) is 17.5 Å². The predicted octanol–water partition coefficient (Wildman–Crippen LogP) is 2.59. The third-order valence-electron chi connectivity index (χ3n) is 2.68. The van der Waals surface area contributed by atoms with Crippen LogP contribution in [-0.2, 0) is 9.63 Å². The summed E-state index contributed by atoms with van der Waals surface area (Å²) in [7, 11) is 0. The van der Waals surface area contributed by atoms with E-state index in [1.54, 1.807) is 25.1 Å². The van der Waals surface area contributed by atoms with E-state index in [4.69, 9.17) is 4.84 Å². The highest BCUT2D eigenvalue weighted by atomic mass is 16.7. The molecule has 0 fully saturated rings. The van der Waals surface area contributed by atoms with Crippen LogP contribution in [0, 0.1) is 6.92 Å². The van der Waals surface area contributed by atoms with E-state index in [1.165, 1.54) is 12.2 Å². The lowest BCUT2D eigenvalue weighted by atomic mass is 10.1. The number of nitrogens with zero attached hydrogens (tertiary/aromatic N) is 1. The second-order valence-electron chi connectivity index (χ2n) is 4.29. The van der Waals surface area contributed by atoms with Gasteiger partial charge >= 0.3 is 5.97 Å². The Morgan fingerprint density at radius 3 is 2.42 bits per heavy atom. The fraction of sp³-hybridized carbons (Fsp3) is 0.133. The average molecular weight is 255 g/mol. The lowest BCUT2D eigenvalue weighted by Gasteiger charge is -2.03. The molecule has 1 aliphatic rings. The quantitative estimate of drug-likeness (QED) is 0.463. The van der Waals surface area contributed by atoms with Gasteiger partial charge in [-0.25, -0.2) is 4.79 Å². The zero-order chi connectivity index (χ0) is 13.8. The zero-order valence-electron chi connectivity index (χ0n) is 10.7. The number of oxime groups is 1. The van der Waals surface area contributed by atoms with Crippen molar-refractivity contribution in [2.24, 2.45) is 5.16 Å². The van der Waals surface area contributed by atoms with Gasteiger partial charge in [0, 0.05) is 0 Å². The first-order valence-corrected chi connectivity index (χ1v) is 5.83. The Morgan fingerprint density at radius 2 is 1.79 bits per heavy atom. The van der Waals surface area contributed by atoms with Crippen molar-refractivity contribution in [3.8, 4) is 0 Å². The monoisotopic (exact) mass is 255 g/mol. The second kappa shape index (κ2) is 5.44. The number of carbonyl (C=O) groups is 2. The van der Waals surface area contributed by atoms with Crippen LogP contribution < -0.4 is 0 Å². The largest absolute Gasteiger partial charge is 0.365 e. The normalized spacial score (nSPS) is 16.4. The van der Waals surface area contributed by atoms with Gasteiger partial charge < -0.3 is 4.84 Å². The molecule has 0 heterocycles. The molecular weight excluding hydrogens is 242 g/mol. The molecule has 0 atom stereocenters. The van der Waals surface area contributed by atoms with Gasteiger partial charge in [-0.3, -0.25) is 4.79 Å². The van der Waals surface area contributed by atoms with Crippen molar-refractivity contribution in [3.05, 3.63) is 59.2 Å². The Bertz CT molecular complexity index is 607. The number of aryl methyl sites for hydroxylation is 1. The summed E-state index contributed by atoms with van der Waals surface area (Å²) in [5.74, 6) is -0.590. The lowest BCUT2D eigenvalue weighted by Crippen LogP contribution is -2.07. The second-order valence-corrected chi connectivity index (χ2v) is 4.29. The molecule has 0 radical (unpaired) electrons. The van der Waals surface area contributed by atoms with Crippen molar-refractivity contribution in [1.82, 2.24) is 0 Å². The molecule has 0 amide bonds. The van der Waals surface area contributed by atoms with Crippen LogP contribution in [0.4, 0.5) is 0 Å². The Morgan fingerprint density at radius 1 is 1.11 bits per heavy atom. The van der Waals surface area contributed by atoms with Crippen LogP contribution >= 0.6 is 0 Å². The van der Waals surface area contributed by atoms with Crippen LogP contribution in [0.15, 0.2) is 53.2 Å². The van der Waals surface area contributed by atoms with Crippen molar-refractivity contribution in [2.75, 3.05) is 0 Å². The fourth-order valence-corrected chi connectivity index (χ4v) is 1.53. The van der Waals surface area contributed by atoms with Gasteiger partial charge in [0.2, 0.25) is 0 Å². The molecule has 1 aromatic carbocycles. The molecule has 0 bridgehead atoms. The number of benzene rings is 1. The van der Waals surface area contributed by atoms with Crippen molar-refractivity contribution in [1.29, 1.82) is 0 Å². The van der Waals surface area contributed by atoms with Gasteiger partial charge in [0.05, 0.1) is 5.56 Å². The van der Waals surface area contributed by atoms with Gasteiger partial charge in [0.15, 0.2) is 5.78 Å². The summed E-state index contributed by atoms with van der Waals surface area (Å²) in [6.45, 7) is 3.62. The van der Waals surface area contributed by atoms with E-state index in [0.29, 0.717) is 16.8 Å². The van der Waals surface area contributed by atoms with Crippen molar-refractivity contribution in [2.45, 2.75) is 13.8 Å². The van der Waals surface area contributed by atoms with Crippen LogP contribution in [0.5, 0.6) is 0 Å².